The molecule has 0 saturated carbocycles. The van der Waals surface area contributed by atoms with E-state index in [0.29, 0.717) is 59.2 Å². The lowest BCUT2D eigenvalue weighted by Gasteiger charge is -2.50. The summed E-state index contributed by atoms with van der Waals surface area (Å²) in [7, 11) is 0. The zero-order valence-electron chi connectivity index (χ0n) is 34.1. The number of aromatic nitrogens is 3. The van der Waals surface area contributed by atoms with E-state index in [4.69, 9.17) is 4.74 Å². The Kier molecular flexibility index (Phi) is 9.89. The maximum absolute atomic E-state index is 14.0. The van der Waals surface area contributed by atoms with Gasteiger partial charge in [-0.1, -0.05) is 0 Å². The Labute approximate surface area is 343 Å². The lowest BCUT2D eigenvalue weighted by molar-refractivity contribution is -0.136. The average molecular weight is 802 g/mol. The van der Waals surface area contributed by atoms with Crippen molar-refractivity contribution in [3.63, 3.8) is 0 Å². The number of carbonyl (C=O) groups is 5. The van der Waals surface area contributed by atoms with Crippen LogP contribution in [0.25, 0.3) is 5.65 Å². The first-order valence-corrected chi connectivity index (χ1v) is 20.9. The Balaban J connectivity index is 0.808. The molecule has 0 aliphatic carbocycles. The van der Waals surface area contributed by atoms with Crippen LogP contribution in [-0.2, 0) is 22.7 Å². The molecule has 59 heavy (non-hydrogen) atoms. The van der Waals surface area contributed by atoms with Crippen LogP contribution in [0.4, 0.5) is 11.4 Å². The van der Waals surface area contributed by atoms with Crippen molar-refractivity contribution in [2.24, 2.45) is 5.92 Å². The quantitative estimate of drug-likeness (QED) is 0.228. The molecular formula is C44H51N9O6. The highest BCUT2D eigenvalue weighted by atomic mass is 16.5. The highest BCUT2D eigenvalue weighted by Crippen LogP contribution is 2.40. The van der Waals surface area contributed by atoms with Gasteiger partial charge >= 0.3 is 0 Å². The number of nitrogens with one attached hydrogen (secondary N) is 2. The van der Waals surface area contributed by atoms with Crippen LogP contribution in [0, 0.1) is 5.92 Å². The SMILES string of the molecule is CC(C)Oc1cc2c(cc1NC(=O)c1cnn3cccnc13)CN(C1CCN(C(C)(C)C3CCN(c4ccc5c(c4)CN(C4CCC(=O)NC4=O)C5=O)CC3)CC1)C2=O. The van der Waals surface area contributed by atoms with Gasteiger partial charge in [-0.15, -0.1) is 0 Å². The summed E-state index contributed by atoms with van der Waals surface area (Å²) in [5.41, 5.74) is 5.44. The van der Waals surface area contributed by atoms with Crippen molar-refractivity contribution in [3.8, 4) is 5.75 Å². The van der Waals surface area contributed by atoms with E-state index in [-0.39, 0.29) is 47.7 Å². The van der Waals surface area contributed by atoms with Crippen molar-refractivity contribution >= 4 is 46.6 Å². The van der Waals surface area contributed by atoms with Crippen molar-refractivity contribution in [1.29, 1.82) is 0 Å². The van der Waals surface area contributed by atoms with Crippen molar-refractivity contribution in [3.05, 3.63) is 82.8 Å². The summed E-state index contributed by atoms with van der Waals surface area (Å²) in [6, 6.07) is 10.9. The lowest BCUT2D eigenvalue weighted by Crippen LogP contribution is -2.57. The number of imide groups is 1. The van der Waals surface area contributed by atoms with Gasteiger partial charge in [0, 0.05) is 86.5 Å². The second-order valence-corrected chi connectivity index (χ2v) is 17.4. The Morgan fingerprint density at radius 3 is 2.37 bits per heavy atom. The monoisotopic (exact) mass is 801 g/mol. The minimum atomic E-state index is -0.618. The summed E-state index contributed by atoms with van der Waals surface area (Å²) in [5, 5.41) is 9.64. The van der Waals surface area contributed by atoms with Gasteiger partial charge in [0.1, 0.15) is 17.4 Å². The third-order valence-corrected chi connectivity index (χ3v) is 13.3. The fraction of sp³-hybridized carbons (Fsp3) is 0.477. The predicted octanol–water partition coefficient (Wildman–Crippen LogP) is 4.65. The molecule has 2 aromatic heterocycles. The number of nitrogens with zero attached hydrogens (tertiary/aromatic N) is 7. The third-order valence-electron chi connectivity index (χ3n) is 13.3. The second kappa shape index (κ2) is 15.1. The van der Waals surface area contributed by atoms with Crippen LogP contribution >= 0.6 is 0 Å². The first kappa shape index (κ1) is 38.7. The largest absolute Gasteiger partial charge is 0.489 e. The molecule has 7 heterocycles. The molecule has 0 bridgehead atoms. The fourth-order valence-electron chi connectivity index (χ4n) is 9.90. The highest BCUT2D eigenvalue weighted by molar-refractivity contribution is 6.09. The van der Waals surface area contributed by atoms with Crippen molar-refractivity contribution in [2.75, 3.05) is 36.4 Å². The highest BCUT2D eigenvalue weighted by Gasteiger charge is 2.43. The first-order chi connectivity index (χ1) is 28.3. The van der Waals surface area contributed by atoms with E-state index in [1.54, 1.807) is 33.9 Å². The maximum atomic E-state index is 14.0. The maximum Gasteiger partial charge on any atom is 0.261 e. The molecule has 4 aromatic rings. The molecule has 1 atom stereocenters. The summed E-state index contributed by atoms with van der Waals surface area (Å²) in [4.78, 5) is 77.8. The van der Waals surface area contributed by atoms with Gasteiger partial charge < -0.3 is 24.8 Å². The zero-order chi connectivity index (χ0) is 41.2. The number of hydrogen-bond acceptors (Lipinski definition) is 10. The average Bonchev–Trinajstić information content (AvgIpc) is 3.90. The van der Waals surface area contributed by atoms with E-state index < -0.39 is 11.9 Å². The number of benzene rings is 2. The van der Waals surface area contributed by atoms with Gasteiger partial charge in [0.15, 0.2) is 5.65 Å². The predicted molar refractivity (Wildman–Crippen MR) is 219 cm³/mol. The van der Waals surface area contributed by atoms with Gasteiger partial charge in [0.25, 0.3) is 17.7 Å². The van der Waals surface area contributed by atoms with Crippen LogP contribution in [0.1, 0.15) is 108 Å². The number of anilines is 2. The smallest absolute Gasteiger partial charge is 0.261 e. The Hall–Kier alpha value is -5.83. The van der Waals surface area contributed by atoms with Crippen LogP contribution in [0.5, 0.6) is 5.75 Å². The number of piperidine rings is 3. The molecular weight excluding hydrogens is 751 g/mol. The van der Waals surface area contributed by atoms with Crippen molar-refractivity contribution < 1.29 is 28.7 Å². The molecule has 1 unspecified atom stereocenters. The number of amides is 5. The number of hydrogen-bond donors (Lipinski definition) is 2. The molecule has 5 aliphatic rings. The van der Waals surface area contributed by atoms with Gasteiger partial charge in [-0.2, -0.15) is 5.10 Å². The Bertz CT molecular complexity index is 2360. The number of likely N-dealkylation sites (tertiary alicyclic amines) is 1. The first-order valence-electron chi connectivity index (χ1n) is 20.9. The standard InChI is InChI=1S/C44H51N9O6/c1-26(2)59-37-22-33-28(21-35(37)47-40(55)34-23-46-53-15-5-14-45-39(34)53)24-51(43(33)58)30-12-18-50(19-13-30)44(3,4)29-10-16-49(17-11-29)31-6-7-32-27(20-31)25-52(42(32)57)36-8-9-38(54)48-41(36)56/h5-7,14-15,20-23,26,29-30,36H,8-13,16-19,24-25H2,1-4H3,(H,47,55)(H,48,54,56). The molecule has 5 amide bonds. The van der Waals surface area contributed by atoms with Crippen LogP contribution < -0.4 is 20.3 Å². The van der Waals surface area contributed by atoms with E-state index in [2.05, 4.69) is 50.4 Å². The van der Waals surface area contributed by atoms with Crippen LogP contribution in [-0.4, -0.2) is 109 Å². The summed E-state index contributed by atoms with van der Waals surface area (Å²) in [6.07, 6.45) is 9.13. The molecule has 5 aliphatic heterocycles. The van der Waals surface area contributed by atoms with Crippen LogP contribution in [0.15, 0.2) is 55.0 Å². The molecule has 0 radical (unpaired) electrons. The van der Waals surface area contributed by atoms with Crippen molar-refractivity contribution in [2.45, 2.75) is 103 Å². The topological polar surface area (TPSA) is 162 Å². The zero-order valence-corrected chi connectivity index (χ0v) is 34.1. The molecule has 3 saturated heterocycles. The lowest BCUT2D eigenvalue weighted by atomic mass is 9.78. The minimum Gasteiger partial charge on any atom is -0.489 e. The van der Waals surface area contributed by atoms with Gasteiger partial charge in [-0.3, -0.25) is 34.2 Å². The fourth-order valence-corrected chi connectivity index (χ4v) is 9.90. The summed E-state index contributed by atoms with van der Waals surface area (Å²) >= 11 is 0. The van der Waals surface area contributed by atoms with E-state index in [1.165, 1.54) is 6.20 Å². The molecule has 9 rings (SSSR count). The van der Waals surface area contributed by atoms with Crippen molar-refractivity contribution in [1.82, 2.24) is 34.6 Å². The van der Waals surface area contributed by atoms with E-state index in [9.17, 15) is 24.0 Å². The molecule has 15 nitrogen and oxygen atoms in total. The Morgan fingerprint density at radius 2 is 1.63 bits per heavy atom. The third kappa shape index (κ3) is 7.08. The van der Waals surface area contributed by atoms with E-state index in [0.717, 1.165) is 68.7 Å². The number of ether oxygens (including phenoxy) is 1. The van der Waals surface area contributed by atoms with Crippen LogP contribution in [0.2, 0.25) is 0 Å². The summed E-state index contributed by atoms with van der Waals surface area (Å²) in [5.74, 6) is -0.227. The van der Waals surface area contributed by atoms with E-state index in [1.807, 2.05) is 36.9 Å². The molecule has 15 heteroatoms. The number of rotatable bonds is 9. The molecule has 308 valence electrons. The number of fused-ring (bicyclic) bond motifs is 3. The second-order valence-electron chi connectivity index (χ2n) is 17.4. The Morgan fingerprint density at radius 1 is 0.898 bits per heavy atom. The number of carbonyl (C=O) groups excluding carboxylic acids is 5. The molecule has 0 spiro atoms. The minimum absolute atomic E-state index is 0.00277. The van der Waals surface area contributed by atoms with Gasteiger partial charge in [-0.25, -0.2) is 9.50 Å². The normalized spacial score (nSPS) is 20.8. The molecule has 3 fully saturated rings. The van der Waals surface area contributed by atoms with Gasteiger partial charge in [0.05, 0.1) is 18.0 Å². The summed E-state index contributed by atoms with van der Waals surface area (Å²) < 4.78 is 7.69. The van der Waals surface area contributed by atoms with Crippen LogP contribution in [0.3, 0.4) is 0 Å². The van der Waals surface area contributed by atoms with Gasteiger partial charge in [0.2, 0.25) is 11.8 Å². The summed E-state index contributed by atoms with van der Waals surface area (Å²) in [6.45, 7) is 13.0. The van der Waals surface area contributed by atoms with E-state index >= 15 is 0 Å². The molecule has 2 N–H and O–H groups in total. The molecule has 2 aromatic carbocycles. The van der Waals surface area contributed by atoms with Gasteiger partial charge in [-0.05, 0) is 113 Å².